The molecular weight excluding hydrogens is 384 g/mol. The molecule has 29 heavy (non-hydrogen) atoms. The van der Waals surface area contributed by atoms with Crippen molar-refractivity contribution in [2.75, 3.05) is 19.5 Å². The fourth-order valence-electron chi connectivity index (χ4n) is 3.38. The van der Waals surface area contributed by atoms with Gasteiger partial charge in [-0.05, 0) is 47.7 Å². The molecule has 1 heterocycles. The molecule has 1 amide bonds. The van der Waals surface area contributed by atoms with Gasteiger partial charge in [0.2, 0.25) is 0 Å². The lowest BCUT2D eigenvalue weighted by molar-refractivity contribution is -0.116. The molecule has 1 atom stereocenters. The number of aryl methyl sites for hydroxylation is 1. The second-order valence-corrected chi connectivity index (χ2v) is 7.88. The smallest absolute Gasteiger partial charge is 0.260 e. The van der Waals surface area contributed by atoms with Gasteiger partial charge in [-0.1, -0.05) is 48.2 Å². The van der Waals surface area contributed by atoms with Gasteiger partial charge < -0.3 is 20.1 Å². The number of amides is 1. The second kappa shape index (κ2) is 8.09. The lowest BCUT2D eigenvalue weighted by atomic mass is 10.0. The Labute approximate surface area is 174 Å². The van der Waals surface area contributed by atoms with E-state index in [0.717, 1.165) is 39.1 Å². The Kier molecular flexibility index (Phi) is 5.36. The molecule has 1 aliphatic rings. The normalized spacial score (nSPS) is 17.4. The summed E-state index contributed by atoms with van der Waals surface area (Å²) in [5.74, 6) is 1.46. The Bertz CT molecular complexity index is 1110. The predicted octanol–water partition coefficient (Wildman–Crippen LogP) is 4.77. The fraction of sp³-hybridized carbons (Fsp3) is 0.174. The van der Waals surface area contributed by atoms with Crippen molar-refractivity contribution in [1.29, 1.82) is 0 Å². The maximum Gasteiger partial charge on any atom is 0.260 e. The number of ether oxygens (including phenoxy) is 2. The summed E-state index contributed by atoms with van der Waals surface area (Å²) in [6, 6.07) is 17.8. The Morgan fingerprint density at radius 2 is 1.72 bits per heavy atom. The van der Waals surface area contributed by atoms with Gasteiger partial charge in [0.05, 0.1) is 24.8 Å². The molecule has 1 unspecified atom stereocenters. The summed E-state index contributed by atoms with van der Waals surface area (Å²) in [5, 5.41) is 8.39. The summed E-state index contributed by atoms with van der Waals surface area (Å²) < 4.78 is 10.9. The van der Waals surface area contributed by atoms with Gasteiger partial charge in [0.25, 0.3) is 5.91 Å². The third kappa shape index (κ3) is 3.89. The first-order chi connectivity index (χ1) is 14.1. The minimum Gasteiger partial charge on any atom is -0.496 e. The Balaban J connectivity index is 1.62. The highest BCUT2D eigenvalue weighted by Gasteiger charge is 2.28. The van der Waals surface area contributed by atoms with Crippen LogP contribution in [0.2, 0.25) is 0 Å². The highest BCUT2D eigenvalue weighted by Crippen LogP contribution is 2.35. The number of hydrogen-bond acceptors (Lipinski definition) is 5. The van der Waals surface area contributed by atoms with Crippen LogP contribution < -0.4 is 20.1 Å². The highest BCUT2D eigenvalue weighted by atomic mass is 32.2. The van der Waals surface area contributed by atoms with E-state index in [2.05, 4.69) is 10.6 Å². The summed E-state index contributed by atoms with van der Waals surface area (Å²) in [4.78, 5) is 13.2. The quantitative estimate of drug-likeness (QED) is 0.598. The van der Waals surface area contributed by atoms with Gasteiger partial charge in [0, 0.05) is 5.39 Å². The number of thioether (sulfide) groups is 1. The van der Waals surface area contributed by atoms with Crippen molar-refractivity contribution >= 4 is 40.2 Å². The monoisotopic (exact) mass is 406 g/mol. The van der Waals surface area contributed by atoms with Crippen molar-refractivity contribution in [2.45, 2.75) is 12.4 Å². The van der Waals surface area contributed by atoms with E-state index in [1.165, 1.54) is 11.8 Å². The number of anilines is 1. The van der Waals surface area contributed by atoms with Crippen LogP contribution in [-0.2, 0) is 4.79 Å². The molecule has 1 fully saturated rings. The minimum atomic E-state index is -0.269. The van der Waals surface area contributed by atoms with Crippen LogP contribution in [0.3, 0.4) is 0 Å². The molecule has 0 spiro atoms. The summed E-state index contributed by atoms with van der Waals surface area (Å²) in [6.07, 6.45) is 1.93. The Morgan fingerprint density at radius 1 is 1.00 bits per heavy atom. The lowest BCUT2D eigenvalue weighted by Gasteiger charge is -2.16. The van der Waals surface area contributed by atoms with E-state index in [4.69, 9.17) is 9.47 Å². The zero-order valence-electron chi connectivity index (χ0n) is 16.5. The average Bonchev–Trinajstić information content (AvgIpc) is 3.07. The topological polar surface area (TPSA) is 59.6 Å². The third-order valence-corrected chi connectivity index (χ3v) is 5.83. The Morgan fingerprint density at radius 3 is 2.48 bits per heavy atom. The van der Waals surface area contributed by atoms with E-state index in [0.29, 0.717) is 4.91 Å². The van der Waals surface area contributed by atoms with Crippen molar-refractivity contribution in [3.8, 4) is 11.5 Å². The molecule has 0 radical (unpaired) electrons. The van der Waals surface area contributed by atoms with Gasteiger partial charge in [0.15, 0.2) is 5.50 Å². The first-order valence-electron chi connectivity index (χ1n) is 9.25. The molecule has 3 aromatic carbocycles. The van der Waals surface area contributed by atoms with Crippen molar-refractivity contribution in [3.63, 3.8) is 0 Å². The van der Waals surface area contributed by atoms with Gasteiger partial charge in [-0.15, -0.1) is 0 Å². The summed E-state index contributed by atoms with van der Waals surface area (Å²) in [5.41, 5.74) is 2.67. The van der Waals surface area contributed by atoms with E-state index >= 15 is 0 Å². The van der Waals surface area contributed by atoms with Crippen LogP contribution in [0.15, 0.2) is 59.5 Å². The first-order valence-corrected chi connectivity index (χ1v) is 10.1. The van der Waals surface area contributed by atoms with Crippen LogP contribution in [0.25, 0.3) is 16.8 Å². The summed E-state index contributed by atoms with van der Waals surface area (Å²) >= 11 is 1.45. The van der Waals surface area contributed by atoms with Gasteiger partial charge >= 0.3 is 0 Å². The second-order valence-electron chi connectivity index (χ2n) is 6.73. The van der Waals surface area contributed by atoms with E-state index < -0.39 is 0 Å². The van der Waals surface area contributed by atoms with Crippen LogP contribution in [-0.4, -0.2) is 25.6 Å². The van der Waals surface area contributed by atoms with Crippen LogP contribution in [0, 0.1) is 6.92 Å². The molecule has 6 heteroatoms. The summed E-state index contributed by atoms with van der Waals surface area (Å²) in [6.45, 7) is 2.02. The average molecular weight is 407 g/mol. The molecule has 0 aliphatic carbocycles. The maximum absolute atomic E-state index is 12.6. The predicted molar refractivity (Wildman–Crippen MR) is 119 cm³/mol. The molecule has 5 nitrogen and oxygen atoms in total. The van der Waals surface area contributed by atoms with Crippen LogP contribution in [0.5, 0.6) is 11.5 Å². The zero-order valence-corrected chi connectivity index (χ0v) is 17.3. The van der Waals surface area contributed by atoms with Gasteiger partial charge in [-0.2, -0.15) is 0 Å². The van der Waals surface area contributed by atoms with E-state index in [1.54, 1.807) is 14.2 Å². The molecule has 0 bridgehead atoms. The van der Waals surface area contributed by atoms with E-state index in [-0.39, 0.29) is 11.4 Å². The number of carbonyl (C=O) groups excluding carboxylic acids is 1. The number of hydrogen-bond donors (Lipinski definition) is 2. The summed E-state index contributed by atoms with van der Waals surface area (Å²) in [7, 11) is 3.30. The van der Waals surface area contributed by atoms with Crippen molar-refractivity contribution in [2.24, 2.45) is 0 Å². The number of benzene rings is 3. The molecule has 1 aliphatic heterocycles. The first kappa shape index (κ1) is 19.2. The van der Waals surface area contributed by atoms with Crippen molar-refractivity contribution in [3.05, 3.63) is 70.6 Å². The van der Waals surface area contributed by atoms with E-state index in [1.807, 2.05) is 67.6 Å². The van der Waals surface area contributed by atoms with Crippen molar-refractivity contribution < 1.29 is 14.3 Å². The minimum absolute atomic E-state index is 0.0981. The maximum atomic E-state index is 12.6. The van der Waals surface area contributed by atoms with Gasteiger partial charge in [0.1, 0.15) is 11.5 Å². The molecule has 4 rings (SSSR count). The highest BCUT2D eigenvalue weighted by molar-refractivity contribution is 8.05. The molecule has 0 saturated carbocycles. The zero-order chi connectivity index (χ0) is 20.4. The largest absolute Gasteiger partial charge is 0.496 e. The van der Waals surface area contributed by atoms with E-state index in [9.17, 15) is 4.79 Å². The van der Waals surface area contributed by atoms with Crippen LogP contribution in [0.4, 0.5) is 5.69 Å². The van der Waals surface area contributed by atoms with Crippen LogP contribution >= 0.6 is 11.8 Å². The van der Waals surface area contributed by atoms with Gasteiger partial charge in [-0.25, -0.2) is 0 Å². The molecular formula is C23H22N2O3S. The van der Waals surface area contributed by atoms with Crippen LogP contribution in [0.1, 0.15) is 11.1 Å². The fourth-order valence-corrected chi connectivity index (χ4v) is 4.35. The molecule has 148 valence electrons. The lowest BCUT2D eigenvalue weighted by Crippen LogP contribution is -2.31. The molecule has 3 aromatic rings. The SMILES string of the molecule is COc1ccc(C)cc1NC1NC(=O)/C(=C/c2ccc(OC)c3ccccc23)S1. The van der Waals surface area contributed by atoms with Crippen molar-refractivity contribution in [1.82, 2.24) is 5.32 Å². The molecule has 0 aromatic heterocycles. The number of nitrogens with one attached hydrogen (secondary N) is 2. The molecule has 1 saturated heterocycles. The van der Waals surface area contributed by atoms with Gasteiger partial charge in [-0.3, -0.25) is 4.79 Å². The molecule has 2 N–H and O–H groups in total. The number of fused-ring (bicyclic) bond motifs is 1. The third-order valence-electron chi connectivity index (χ3n) is 4.80. The Hall–Kier alpha value is -3.12. The number of methoxy groups -OCH3 is 2. The number of rotatable bonds is 5. The standard InChI is InChI=1S/C23H22N2O3S/c1-14-8-10-20(28-3)18(12-14)24-23-25-22(26)21(29-23)13-15-9-11-19(27-2)17-7-5-4-6-16(15)17/h4-13,23-24H,1-3H3,(H,25,26)/b21-13-. The number of carbonyl (C=O) groups is 1.